The molecule has 0 spiro atoms. The second kappa shape index (κ2) is 6.07. The highest BCUT2D eigenvalue weighted by Crippen LogP contribution is 2.22. The summed E-state index contributed by atoms with van der Waals surface area (Å²) in [5, 5.41) is 10.4. The summed E-state index contributed by atoms with van der Waals surface area (Å²) in [7, 11) is 1.79. The molecule has 0 fully saturated rings. The van der Waals surface area contributed by atoms with Gasteiger partial charge in [-0.3, -0.25) is 9.36 Å². The van der Waals surface area contributed by atoms with Gasteiger partial charge < -0.3 is 4.90 Å². The van der Waals surface area contributed by atoms with Gasteiger partial charge in [-0.2, -0.15) is 0 Å². The zero-order valence-electron chi connectivity index (χ0n) is 12.2. The number of carbonyl (C=O) groups is 1. The Kier molecular flexibility index (Phi) is 3.97. The Labute approximate surface area is 132 Å². The van der Waals surface area contributed by atoms with E-state index in [9.17, 15) is 4.79 Å². The second-order valence-electron chi connectivity index (χ2n) is 4.88. The molecule has 3 rings (SSSR count). The van der Waals surface area contributed by atoms with Gasteiger partial charge in [0.1, 0.15) is 17.7 Å². The molecular formula is C15H15N5OS. The van der Waals surface area contributed by atoms with Crippen LogP contribution in [0.2, 0.25) is 0 Å². The van der Waals surface area contributed by atoms with Crippen LogP contribution in [0.15, 0.2) is 48.5 Å². The van der Waals surface area contributed by atoms with Gasteiger partial charge in [-0.25, -0.2) is 4.98 Å². The first-order valence-electron chi connectivity index (χ1n) is 6.78. The van der Waals surface area contributed by atoms with Crippen molar-refractivity contribution >= 4 is 17.2 Å². The van der Waals surface area contributed by atoms with Gasteiger partial charge in [0.15, 0.2) is 0 Å². The van der Waals surface area contributed by atoms with E-state index in [1.54, 1.807) is 46.7 Å². The van der Waals surface area contributed by atoms with Crippen LogP contribution in [-0.2, 0) is 0 Å². The Balaban J connectivity index is 1.77. The van der Waals surface area contributed by atoms with Gasteiger partial charge in [-0.15, -0.1) is 21.5 Å². The summed E-state index contributed by atoms with van der Waals surface area (Å²) in [6.07, 6.45) is 4.99. The lowest BCUT2D eigenvalue weighted by Crippen LogP contribution is -2.29. The molecule has 22 heavy (non-hydrogen) atoms. The molecule has 0 aliphatic carbocycles. The molecule has 0 unspecified atom stereocenters. The second-order valence-corrected chi connectivity index (χ2v) is 5.80. The summed E-state index contributed by atoms with van der Waals surface area (Å²) in [6, 6.07) is 7.31. The molecular weight excluding hydrogens is 298 g/mol. The molecule has 2 heterocycles. The van der Waals surface area contributed by atoms with Crippen LogP contribution in [0.25, 0.3) is 5.69 Å². The standard InChI is InChI=1S/C15H15N5OS/c1-11(14-16-7-8-22-14)19(2)15(21)12-3-5-13(6-4-12)20-9-17-18-10-20/h3-11H,1-2H3/t11-/m1/s1. The number of carbonyl (C=O) groups excluding carboxylic acids is 1. The third-order valence-corrected chi connectivity index (χ3v) is 4.49. The van der Waals surface area contributed by atoms with E-state index in [0.29, 0.717) is 5.56 Å². The fourth-order valence-corrected chi connectivity index (χ4v) is 2.83. The highest BCUT2D eigenvalue weighted by molar-refractivity contribution is 7.09. The third-order valence-electron chi connectivity index (χ3n) is 3.54. The number of hydrogen-bond acceptors (Lipinski definition) is 5. The van der Waals surface area contributed by atoms with Crippen molar-refractivity contribution in [1.29, 1.82) is 0 Å². The normalized spacial score (nSPS) is 12.1. The molecule has 1 amide bonds. The zero-order valence-corrected chi connectivity index (χ0v) is 13.1. The van der Waals surface area contributed by atoms with Gasteiger partial charge in [-0.05, 0) is 31.2 Å². The predicted octanol–water partition coefficient (Wildman–Crippen LogP) is 2.56. The maximum atomic E-state index is 12.6. The quantitative estimate of drug-likeness (QED) is 0.742. The lowest BCUT2D eigenvalue weighted by Gasteiger charge is -2.23. The van der Waals surface area contributed by atoms with Crippen LogP contribution in [0.1, 0.15) is 28.3 Å². The van der Waals surface area contributed by atoms with Crippen molar-refractivity contribution in [3.63, 3.8) is 0 Å². The highest BCUT2D eigenvalue weighted by Gasteiger charge is 2.20. The van der Waals surface area contributed by atoms with Crippen LogP contribution in [-0.4, -0.2) is 37.6 Å². The maximum absolute atomic E-state index is 12.6. The molecule has 0 N–H and O–H groups in total. The average molecular weight is 313 g/mol. The van der Waals surface area contributed by atoms with Crippen LogP contribution >= 0.6 is 11.3 Å². The Morgan fingerprint density at radius 1 is 1.23 bits per heavy atom. The number of benzene rings is 1. The number of aromatic nitrogens is 4. The van der Waals surface area contributed by atoms with Crippen molar-refractivity contribution in [2.75, 3.05) is 7.05 Å². The number of hydrogen-bond donors (Lipinski definition) is 0. The Bertz CT molecular complexity index is 737. The van der Waals surface area contributed by atoms with Crippen LogP contribution in [0, 0.1) is 0 Å². The minimum Gasteiger partial charge on any atom is -0.333 e. The van der Waals surface area contributed by atoms with E-state index in [4.69, 9.17) is 0 Å². The first kappa shape index (κ1) is 14.4. The largest absolute Gasteiger partial charge is 0.333 e. The first-order chi connectivity index (χ1) is 10.7. The smallest absolute Gasteiger partial charge is 0.254 e. The molecule has 0 saturated heterocycles. The lowest BCUT2D eigenvalue weighted by molar-refractivity contribution is 0.0742. The monoisotopic (exact) mass is 313 g/mol. The number of nitrogens with zero attached hydrogens (tertiary/aromatic N) is 5. The van der Waals surface area contributed by atoms with Crippen molar-refractivity contribution < 1.29 is 4.79 Å². The van der Waals surface area contributed by atoms with Gasteiger partial charge in [0.05, 0.1) is 6.04 Å². The zero-order chi connectivity index (χ0) is 15.5. The van der Waals surface area contributed by atoms with Crippen molar-refractivity contribution in [2.45, 2.75) is 13.0 Å². The fraction of sp³-hybridized carbons (Fsp3) is 0.200. The Morgan fingerprint density at radius 2 is 1.91 bits per heavy atom. The Hall–Kier alpha value is -2.54. The molecule has 0 aliphatic rings. The number of rotatable bonds is 4. The van der Waals surface area contributed by atoms with Crippen molar-refractivity contribution in [2.24, 2.45) is 0 Å². The van der Waals surface area contributed by atoms with Crippen LogP contribution < -0.4 is 0 Å². The lowest BCUT2D eigenvalue weighted by atomic mass is 10.1. The summed E-state index contributed by atoms with van der Waals surface area (Å²) in [4.78, 5) is 18.5. The molecule has 1 atom stereocenters. The molecule has 3 aromatic rings. The summed E-state index contributed by atoms with van der Waals surface area (Å²) >= 11 is 1.55. The van der Waals surface area contributed by atoms with Crippen molar-refractivity contribution in [3.8, 4) is 5.69 Å². The van der Waals surface area contributed by atoms with E-state index < -0.39 is 0 Å². The highest BCUT2D eigenvalue weighted by atomic mass is 32.1. The van der Waals surface area contributed by atoms with Crippen LogP contribution in [0.3, 0.4) is 0 Å². The van der Waals surface area contributed by atoms with E-state index in [1.807, 2.05) is 36.6 Å². The molecule has 0 radical (unpaired) electrons. The molecule has 0 bridgehead atoms. The fourth-order valence-electron chi connectivity index (χ4n) is 2.10. The van der Waals surface area contributed by atoms with Gasteiger partial charge in [0.25, 0.3) is 5.91 Å². The van der Waals surface area contributed by atoms with E-state index in [-0.39, 0.29) is 11.9 Å². The SMILES string of the molecule is C[C@H](c1nccs1)N(C)C(=O)c1ccc(-n2cnnc2)cc1. The molecule has 0 aliphatic heterocycles. The third kappa shape index (κ3) is 2.75. The summed E-state index contributed by atoms with van der Waals surface area (Å²) in [6.45, 7) is 1.97. The molecule has 2 aromatic heterocycles. The van der Waals surface area contributed by atoms with Crippen molar-refractivity contribution in [1.82, 2.24) is 24.6 Å². The van der Waals surface area contributed by atoms with Gasteiger partial charge in [0.2, 0.25) is 0 Å². The summed E-state index contributed by atoms with van der Waals surface area (Å²) < 4.78 is 1.79. The summed E-state index contributed by atoms with van der Waals surface area (Å²) in [5.74, 6) is -0.0296. The molecule has 7 heteroatoms. The maximum Gasteiger partial charge on any atom is 0.254 e. The van der Waals surface area contributed by atoms with E-state index in [1.165, 1.54) is 0 Å². The minimum absolute atomic E-state index is 0.0296. The van der Waals surface area contributed by atoms with Gasteiger partial charge >= 0.3 is 0 Å². The number of thiazole rings is 1. The van der Waals surface area contributed by atoms with Crippen molar-refractivity contribution in [3.05, 3.63) is 59.1 Å². The first-order valence-corrected chi connectivity index (χ1v) is 7.66. The van der Waals surface area contributed by atoms with E-state index in [0.717, 1.165) is 10.7 Å². The molecule has 1 aromatic carbocycles. The Morgan fingerprint density at radius 3 is 2.50 bits per heavy atom. The minimum atomic E-state index is -0.0509. The van der Waals surface area contributed by atoms with Gasteiger partial charge in [0, 0.05) is 29.9 Å². The topological polar surface area (TPSA) is 63.9 Å². The summed E-state index contributed by atoms with van der Waals surface area (Å²) in [5.41, 5.74) is 1.56. The average Bonchev–Trinajstić information content (AvgIpc) is 3.26. The molecule has 112 valence electrons. The van der Waals surface area contributed by atoms with Crippen LogP contribution in [0.5, 0.6) is 0 Å². The number of amides is 1. The van der Waals surface area contributed by atoms with Gasteiger partial charge in [-0.1, -0.05) is 0 Å². The van der Waals surface area contributed by atoms with E-state index >= 15 is 0 Å². The molecule has 0 saturated carbocycles. The molecule has 6 nitrogen and oxygen atoms in total. The predicted molar refractivity (Wildman–Crippen MR) is 84.0 cm³/mol. The van der Waals surface area contributed by atoms with E-state index in [2.05, 4.69) is 15.2 Å². The van der Waals surface area contributed by atoms with Crippen LogP contribution in [0.4, 0.5) is 0 Å².